The zero-order valence-corrected chi connectivity index (χ0v) is 14.8. The van der Waals surface area contributed by atoms with Gasteiger partial charge in [-0.15, -0.1) is 0 Å². The highest BCUT2D eigenvalue weighted by atomic mass is 32.1. The van der Waals surface area contributed by atoms with Crippen molar-refractivity contribution in [3.8, 4) is 0 Å². The van der Waals surface area contributed by atoms with Crippen molar-refractivity contribution in [3.05, 3.63) is 46.6 Å². The van der Waals surface area contributed by atoms with Crippen molar-refractivity contribution < 1.29 is 9.90 Å². The van der Waals surface area contributed by atoms with E-state index in [0.29, 0.717) is 25.3 Å². The Morgan fingerprint density at radius 3 is 3.12 bits per heavy atom. The van der Waals surface area contributed by atoms with E-state index in [1.807, 2.05) is 35.2 Å². The number of hydrogen-bond acceptors (Lipinski definition) is 5. The second kappa shape index (κ2) is 6.50. The Kier molecular flexibility index (Phi) is 4.19. The van der Waals surface area contributed by atoms with Crippen molar-refractivity contribution in [2.24, 2.45) is 0 Å². The van der Waals surface area contributed by atoms with E-state index in [9.17, 15) is 9.90 Å². The molecule has 3 aromatic rings. The molecule has 6 nitrogen and oxygen atoms in total. The van der Waals surface area contributed by atoms with Crippen LogP contribution in [0.4, 0.5) is 5.13 Å². The summed E-state index contributed by atoms with van der Waals surface area (Å²) < 4.78 is 0. The minimum Gasteiger partial charge on any atom is -0.392 e. The molecule has 1 aliphatic rings. The topological polar surface area (TPSA) is 81.2 Å². The molecule has 3 heterocycles. The maximum absolute atomic E-state index is 12.8. The number of hydrogen-bond donors (Lipinski definition) is 3. The van der Waals surface area contributed by atoms with Gasteiger partial charge in [0, 0.05) is 35.3 Å². The number of thiazole rings is 1. The Balaban J connectivity index is 1.50. The predicted molar refractivity (Wildman–Crippen MR) is 99.0 cm³/mol. The van der Waals surface area contributed by atoms with Crippen LogP contribution in [0, 0.1) is 0 Å². The van der Waals surface area contributed by atoms with Gasteiger partial charge in [0.25, 0.3) is 5.91 Å². The number of H-pyrrole nitrogens is 1. The second-order valence-electron chi connectivity index (χ2n) is 6.37. The van der Waals surface area contributed by atoms with Crippen molar-refractivity contribution in [1.29, 1.82) is 0 Å². The number of fused-ring (bicyclic) bond motifs is 2. The van der Waals surface area contributed by atoms with E-state index in [0.717, 1.165) is 33.0 Å². The average Bonchev–Trinajstić information content (AvgIpc) is 3.22. The molecule has 0 aliphatic carbocycles. The van der Waals surface area contributed by atoms with Crippen LogP contribution in [0.1, 0.15) is 28.0 Å². The van der Waals surface area contributed by atoms with Crippen molar-refractivity contribution in [3.63, 3.8) is 0 Å². The molecule has 0 bridgehead atoms. The molecular weight excluding hydrogens is 336 g/mol. The van der Waals surface area contributed by atoms with Crippen LogP contribution in [-0.2, 0) is 13.0 Å². The van der Waals surface area contributed by atoms with Gasteiger partial charge in [0.05, 0.1) is 18.3 Å². The van der Waals surface area contributed by atoms with Crippen molar-refractivity contribution in [2.45, 2.75) is 26.0 Å². The van der Waals surface area contributed by atoms with Gasteiger partial charge in [-0.05, 0) is 19.1 Å². The lowest BCUT2D eigenvalue weighted by Crippen LogP contribution is -2.35. The number of aliphatic hydroxyl groups is 1. The Morgan fingerprint density at radius 2 is 2.32 bits per heavy atom. The van der Waals surface area contributed by atoms with Crippen LogP contribution in [-0.4, -0.2) is 45.1 Å². The van der Waals surface area contributed by atoms with Crippen LogP contribution in [0.5, 0.6) is 0 Å². The van der Waals surface area contributed by atoms with E-state index in [1.165, 1.54) is 0 Å². The number of aliphatic hydroxyl groups excluding tert-OH is 1. The summed E-state index contributed by atoms with van der Waals surface area (Å²) in [5, 5.41) is 14.4. The number of amides is 1. The third kappa shape index (κ3) is 3.25. The molecule has 0 saturated heterocycles. The molecule has 0 spiro atoms. The summed E-state index contributed by atoms with van der Waals surface area (Å²) >= 11 is 1.56. The summed E-state index contributed by atoms with van der Waals surface area (Å²) in [5.74, 6) is 0.0220. The van der Waals surface area contributed by atoms with E-state index < -0.39 is 6.10 Å². The summed E-state index contributed by atoms with van der Waals surface area (Å²) in [6.45, 7) is 3.46. The average molecular weight is 356 g/mol. The molecule has 4 rings (SSSR count). The molecule has 1 aliphatic heterocycles. The maximum atomic E-state index is 12.8. The SMILES string of the molecule is C[C@H](O)CNc1nc2c(s1)CN(C(=O)c1cc3ccccc3[nH]1)CC2. The fourth-order valence-electron chi connectivity index (χ4n) is 3.04. The molecule has 0 radical (unpaired) electrons. The first kappa shape index (κ1) is 16.1. The van der Waals surface area contributed by atoms with Crippen molar-refractivity contribution in [2.75, 3.05) is 18.4 Å². The molecule has 0 fully saturated rings. The molecule has 1 atom stereocenters. The Hall–Kier alpha value is -2.38. The lowest BCUT2D eigenvalue weighted by molar-refractivity contribution is 0.0731. The highest BCUT2D eigenvalue weighted by molar-refractivity contribution is 7.15. The van der Waals surface area contributed by atoms with E-state index in [1.54, 1.807) is 18.3 Å². The van der Waals surface area contributed by atoms with Crippen LogP contribution >= 0.6 is 11.3 Å². The highest BCUT2D eigenvalue weighted by Crippen LogP contribution is 2.29. The lowest BCUT2D eigenvalue weighted by Gasteiger charge is -2.25. The van der Waals surface area contributed by atoms with Gasteiger partial charge in [-0.1, -0.05) is 29.5 Å². The number of carbonyl (C=O) groups excluding carboxylic acids is 1. The second-order valence-corrected chi connectivity index (χ2v) is 7.45. The van der Waals surface area contributed by atoms with Crippen LogP contribution in [0.25, 0.3) is 10.9 Å². The molecule has 3 N–H and O–H groups in total. The summed E-state index contributed by atoms with van der Waals surface area (Å²) in [6, 6.07) is 9.81. The van der Waals surface area contributed by atoms with Gasteiger partial charge in [0.2, 0.25) is 0 Å². The minimum absolute atomic E-state index is 0.0220. The quantitative estimate of drug-likeness (QED) is 0.671. The molecule has 0 unspecified atom stereocenters. The number of rotatable bonds is 4. The van der Waals surface area contributed by atoms with E-state index in [4.69, 9.17) is 0 Å². The number of anilines is 1. The van der Waals surface area contributed by atoms with Crippen molar-refractivity contribution >= 4 is 33.3 Å². The number of carbonyl (C=O) groups is 1. The van der Waals surface area contributed by atoms with Crippen molar-refractivity contribution in [1.82, 2.24) is 14.9 Å². The highest BCUT2D eigenvalue weighted by Gasteiger charge is 2.25. The van der Waals surface area contributed by atoms with E-state index in [-0.39, 0.29) is 5.91 Å². The zero-order valence-electron chi connectivity index (χ0n) is 14.0. The number of benzene rings is 1. The third-order valence-electron chi connectivity index (χ3n) is 4.33. The first-order chi connectivity index (χ1) is 12.1. The van der Waals surface area contributed by atoms with Crippen LogP contribution < -0.4 is 5.32 Å². The van der Waals surface area contributed by atoms with Gasteiger partial charge in [0.1, 0.15) is 5.69 Å². The van der Waals surface area contributed by atoms with E-state index in [2.05, 4.69) is 15.3 Å². The van der Waals surface area contributed by atoms with Gasteiger partial charge >= 0.3 is 0 Å². The first-order valence-electron chi connectivity index (χ1n) is 8.37. The number of aromatic amines is 1. The monoisotopic (exact) mass is 356 g/mol. The van der Waals surface area contributed by atoms with Gasteiger partial charge in [0.15, 0.2) is 5.13 Å². The fraction of sp³-hybridized carbons (Fsp3) is 0.333. The number of nitrogens with zero attached hydrogens (tertiary/aromatic N) is 2. The molecule has 0 saturated carbocycles. The van der Waals surface area contributed by atoms with Gasteiger partial charge in [-0.25, -0.2) is 4.98 Å². The van der Waals surface area contributed by atoms with Gasteiger partial charge in [-0.2, -0.15) is 0 Å². The summed E-state index contributed by atoms with van der Waals surface area (Å²) in [7, 11) is 0. The number of para-hydroxylation sites is 1. The molecular formula is C18H20N4O2S. The lowest BCUT2D eigenvalue weighted by atomic mass is 10.1. The summed E-state index contributed by atoms with van der Waals surface area (Å²) in [6.07, 6.45) is 0.342. The predicted octanol–water partition coefficient (Wildman–Crippen LogP) is 2.62. The molecule has 1 amide bonds. The summed E-state index contributed by atoms with van der Waals surface area (Å²) in [4.78, 5) is 23.6. The van der Waals surface area contributed by atoms with Crippen LogP contribution in [0.3, 0.4) is 0 Å². The van der Waals surface area contributed by atoms with Crippen LogP contribution in [0.15, 0.2) is 30.3 Å². The molecule has 1 aromatic carbocycles. The molecule has 25 heavy (non-hydrogen) atoms. The normalized spacial score (nSPS) is 15.2. The van der Waals surface area contributed by atoms with Gasteiger partial charge in [-0.3, -0.25) is 4.79 Å². The minimum atomic E-state index is -0.416. The summed E-state index contributed by atoms with van der Waals surface area (Å²) in [5.41, 5.74) is 2.66. The number of aromatic nitrogens is 2. The molecule has 7 heteroatoms. The first-order valence-corrected chi connectivity index (χ1v) is 9.19. The Bertz CT molecular complexity index is 882. The Labute approximate surface area is 149 Å². The smallest absolute Gasteiger partial charge is 0.270 e. The standard InChI is InChI=1S/C18H20N4O2S/c1-11(23)9-19-18-21-14-6-7-22(10-16(14)25-18)17(24)15-8-12-4-2-3-5-13(12)20-15/h2-5,8,11,20,23H,6-7,9-10H2,1H3,(H,19,21)/t11-/m0/s1. The van der Waals surface area contributed by atoms with Crippen LogP contribution in [0.2, 0.25) is 0 Å². The largest absolute Gasteiger partial charge is 0.392 e. The molecule has 2 aromatic heterocycles. The maximum Gasteiger partial charge on any atom is 0.270 e. The fourth-order valence-corrected chi connectivity index (χ4v) is 4.07. The Morgan fingerprint density at radius 1 is 1.48 bits per heavy atom. The molecule has 130 valence electrons. The number of nitrogens with one attached hydrogen (secondary N) is 2. The zero-order chi connectivity index (χ0) is 17.4. The third-order valence-corrected chi connectivity index (χ3v) is 5.37. The van der Waals surface area contributed by atoms with Gasteiger partial charge < -0.3 is 20.3 Å². The van der Waals surface area contributed by atoms with E-state index >= 15 is 0 Å².